The van der Waals surface area contributed by atoms with Gasteiger partial charge in [0, 0.05) is 76.1 Å². The average Bonchev–Trinajstić information content (AvgIpc) is 4.01. The molecule has 0 bridgehead atoms. The lowest BCUT2D eigenvalue weighted by Gasteiger charge is -2.24. The molecule has 1 radical (unpaired) electrons. The van der Waals surface area contributed by atoms with Crippen molar-refractivity contribution < 1.29 is 4.42 Å². The predicted molar refractivity (Wildman–Crippen MR) is 263 cm³/mol. The van der Waals surface area contributed by atoms with Crippen LogP contribution in [0.4, 0.5) is 11.4 Å². The van der Waals surface area contributed by atoms with Crippen molar-refractivity contribution in [3.8, 4) is 39.4 Å². The highest BCUT2D eigenvalue weighted by molar-refractivity contribution is 7.25. The maximum absolute atomic E-state index is 6.55. The molecule has 11 aromatic rings. The second-order valence-electron chi connectivity index (χ2n) is 18.7. The van der Waals surface area contributed by atoms with Gasteiger partial charge in [-0.3, -0.25) is 0 Å². The van der Waals surface area contributed by atoms with E-state index in [0.29, 0.717) is 5.89 Å². The Morgan fingerprint density at radius 3 is 2.27 bits per heavy atom. The quantitative estimate of drug-likeness (QED) is 0.180. The zero-order valence-electron chi connectivity index (χ0n) is 35.2. The maximum atomic E-state index is 6.55. The predicted octanol–water partition coefficient (Wildman–Crippen LogP) is 13.9. The molecule has 0 saturated carbocycles. The summed E-state index contributed by atoms with van der Waals surface area (Å²) in [5, 5.41) is 8.98. The molecule has 0 atom stereocenters. The molecule has 1 aliphatic heterocycles. The summed E-state index contributed by atoms with van der Waals surface area (Å²) in [5.74, 6) is 0.628. The number of nitrogens with one attached hydrogen (secondary N) is 1. The van der Waals surface area contributed by atoms with Crippen LogP contribution < -0.4 is 16.2 Å². The van der Waals surface area contributed by atoms with Crippen molar-refractivity contribution in [2.45, 2.75) is 45.4 Å². The van der Waals surface area contributed by atoms with E-state index in [1.165, 1.54) is 86.4 Å². The number of hydrogen-bond acceptors (Lipinski definition) is 4. The summed E-state index contributed by atoms with van der Waals surface area (Å²) in [5.41, 5.74) is 19.5. The Balaban J connectivity index is 1.09. The molecule has 3 aromatic heterocycles. The van der Waals surface area contributed by atoms with Crippen LogP contribution in [0.1, 0.15) is 51.3 Å². The first-order valence-electron chi connectivity index (χ1n) is 21.5. The van der Waals surface area contributed by atoms with Crippen molar-refractivity contribution in [3.05, 3.63) is 168 Å². The topological polar surface area (TPSA) is 43.0 Å². The molecule has 13 rings (SSSR count). The zero-order chi connectivity index (χ0) is 41.6. The summed E-state index contributed by atoms with van der Waals surface area (Å²) in [6.45, 7) is 11.5. The van der Waals surface area contributed by atoms with Gasteiger partial charge in [-0.2, -0.15) is 0 Å². The maximum Gasteiger partial charge on any atom is 0.227 e. The Bertz CT molecular complexity index is 3700. The van der Waals surface area contributed by atoms with E-state index in [1.54, 1.807) is 0 Å². The van der Waals surface area contributed by atoms with Crippen LogP contribution in [-0.4, -0.2) is 16.8 Å². The lowest BCUT2D eigenvalue weighted by atomic mass is 9.59. The van der Waals surface area contributed by atoms with Crippen LogP contribution in [0.2, 0.25) is 0 Å². The van der Waals surface area contributed by atoms with E-state index < -0.39 is 0 Å². The van der Waals surface area contributed by atoms with E-state index in [-0.39, 0.29) is 10.8 Å². The van der Waals surface area contributed by atoms with Crippen LogP contribution in [0.15, 0.2) is 156 Å². The molecule has 8 aromatic carbocycles. The van der Waals surface area contributed by atoms with Gasteiger partial charge in [0.2, 0.25) is 5.89 Å². The molecule has 1 aliphatic carbocycles. The third-order valence-corrected chi connectivity index (χ3v) is 14.7. The number of thiophene rings is 1. The Morgan fingerprint density at radius 2 is 1.44 bits per heavy atom. The molecule has 4 nitrogen and oxygen atoms in total. The molecule has 0 unspecified atom stereocenters. The van der Waals surface area contributed by atoms with Gasteiger partial charge in [-0.05, 0) is 105 Å². The number of fused-ring (bicyclic) bond motifs is 12. The molecule has 0 amide bonds. The molecule has 2 aliphatic rings. The standard InChI is InChI=1S/C56H41BN3OS/c1-55(2,3)32-19-21-33(22-20-32)58-45-29-51-41(35-16-10-12-18-50(35)62-51)25-39(45)36-23-24-37-40-26-43-38(34-15-9-11-17-42(34)56(43,4)5)27-47(40)60-48-30-49-46(28-44(48)57-52(36)53(37)60)59-54(61-49)31-13-7-6-8-14-31/h6-30,58H,1-5H3. The Kier molecular flexibility index (Phi) is 7.28. The minimum atomic E-state index is -0.119. The van der Waals surface area contributed by atoms with Crippen molar-refractivity contribution in [1.29, 1.82) is 0 Å². The summed E-state index contributed by atoms with van der Waals surface area (Å²) >= 11 is 1.85. The van der Waals surface area contributed by atoms with Crippen LogP contribution >= 0.6 is 11.3 Å². The second-order valence-corrected chi connectivity index (χ2v) is 19.8. The highest BCUT2D eigenvalue weighted by atomic mass is 32.1. The molecule has 62 heavy (non-hydrogen) atoms. The highest BCUT2D eigenvalue weighted by Crippen LogP contribution is 2.51. The third-order valence-electron chi connectivity index (χ3n) is 13.6. The monoisotopic (exact) mass is 814 g/mol. The van der Waals surface area contributed by atoms with Gasteiger partial charge in [-0.25, -0.2) is 4.98 Å². The molecular weight excluding hydrogens is 774 g/mol. The van der Waals surface area contributed by atoms with Crippen molar-refractivity contribution in [3.63, 3.8) is 0 Å². The minimum Gasteiger partial charge on any atom is -0.436 e. The SMILES string of the molecule is CC(C)(C)c1ccc(Nc2cc3sc4ccccc4c3cc2-c2ccc3c4cc5c(cc4n4c3c2[B]c2cc3nc(-c6ccccc6)oc3cc2-4)-c2ccccc2C5(C)C)cc1. The van der Waals surface area contributed by atoms with E-state index in [4.69, 9.17) is 9.40 Å². The normalized spacial score (nSPS) is 13.8. The number of rotatable bonds is 4. The average molecular weight is 815 g/mol. The summed E-state index contributed by atoms with van der Waals surface area (Å²) < 4.78 is 11.6. The largest absolute Gasteiger partial charge is 0.436 e. The zero-order valence-corrected chi connectivity index (χ0v) is 36.0. The van der Waals surface area contributed by atoms with Gasteiger partial charge in [-0.15, -0.1) is 11.3 Å². The van der Waals surface area contributed by atoms with Crippen molar-refractivity contribution >= 4 is 94.0 Å². The number of benzene rings is 8. The number of aromatic nitrogens is 2. The molecule has 6 heteroatoms. The summed E-state index contributed by atoms with van der Waals surface area (Å²) in [7, 11) is 2.40. The van der Waals surface area contributed by atoms with E-state index in [1.807, 2.05) is 29.5 Å². The van der Waals surface area contributed by atoms with E-state index >= 15 is 0 Å². The number of oxazole rings is 1. The van der Waals surface area contributed by atoms with Crippen LogP contribution in [0, 0.1) is 0 Å². The lowest BCUT2D eigenvalue weighted by Crippen LogP contribution is -2.37. The fourth-order valence-electron chi connectivity index (χ4n) is 10.4. The van der Waals surface area contributed by atoms with Crippen molar-refractivity contribution in [2.75, 3.05) is 5.32 Å². The molecule has 1 N–H and O–H groups in total. The Labute approximate surface area is 364 Å². The summed E-state index contributed by atoms with van der Waals surface area (Å²) in [6, 6.07) is 55.7. The molecule has 295 valence electrons. The van der Waals surface area contributed by atoms with Gasteiger partial charge < -0.3 is 14.3 Å². The van der Waals surface area contributed by atoms with E-state index in [9.17, 15) is 0 Å². The van der Waals surface area contributed by atoms with Crippen LogP contribution in [0.5, 0.6) is 0 Å². The first kappa shape index (κ1) is 35.8. The van der Waals surface area contributed by atoms with Gasteiger partial charge in [0.1, 0.15) is 5.52 Å². The van der Waals surface area contributed by atoms with E-state index in [2.05, 4.69) is 185 Å². The summed E-state index contributed by atoms with van der Waals surface area (Å²) in [6.07, 6.45) is 0. The van der Waals surface area contributed by atoms with Gasteiger partial charge in [0.25, 0.3) is 0 Å². The molecule has 0 saturated heterocycles. The van der Waals surface area contributed by atoms with Crippen LogP contribution in [-0.2, 0) is 10.8 Å². The van der Waals surface area contributed by atoms with Gasteiger partial charge in [0.15, 0.2) is 12.9 Å². The number of hydrogen-bond donors (Lipinski definition) is 1. The van der Waals surface area contributed by atoms with Gasteiger partial charge >= 0.3 is 0 Å². The van der Waals surface area contributed by atoms with Gasteiger partial charge in [-0.1, -0.05) is 125 Å². The summed E-state index contributed by atoms with van der Waals surface area (Å²) in [4.78, 5) is 5.05. The van der Waals surface area contributed by atoms with Crippen molar-refractivity contribution in [2.24, 2.45) is 0 Å². The highest BCUT2D eigenvalue weighted by Gasteiger charge is 2.37. The molecular formula is C56H41BN3OS. The van der Waals surface area contributed by atoms with Crippen LogP contribution in [0.25, 0.3) is 92.5 Å². The first-order valence-corrected chi connectivity index (χ1v) is 22.3. The Morgan fingerprint density at radius 1 is 0.645 bits per heavy atom. The minimum absolute atomic E-state index is 0.0717. The van der Waals surface area contributed by atoms with E-state index in [0.717, 1.165) is 39.2 Å². The fourth-order valence-corrected chi connectivity index (χ4v) is 11.5. The molecule has 0 spiro atoms. The fraction of sp³-hybridized carbons (Fsp3) is 0.125. The van der Waals surface area contributed by atoms with Crippen LogP contribution in [0.3, 0.4) is 0 Å². The first-order chi connectivity index (χ1) is 30.1. The van der Waals surface area contributed by atoms with Gasteiger partial charge in [0.05, 0.1) is 5.52 Å². The smallest absolute Gasteiger partial charge is 0.227 e. The molecule has 0 fully saturated rings. The van der Waals surface area contributed by atoms with Crippen molar-refractivity contribution in [1.82, 2.24) is 9.55 Å². The lowest BCUT2D eigenvalue weighted by molar-refractivity contribution is 0.590. The number of nitrogens with zero attached hydrogens (tertiary/aromatic N) is 2. The Hall–Kier alpha value is -6.89. The second kappa shape index (κ2) is 12.6. The number of anilines is 2. The molecule has 4 heterocycles. The third kappa shape index (κ3) is 5.10.